The average Bonchev–Trinajstić information content (AvgIpc) is 2.90. The third-order valence-electron chi connectivity index (χ3n) is 2.96. The van der Waals surface area contributed by atoms with Gasteiger partial charge in [0, 0.05) is 6.07 Å². The van der Waals surface area contributed by atoms with E-state index in [9.17, 15) is 13.2 Å². The van der Waals surface area contributed by atoms with Crippen molar-refractivity contribution in [1.29, 1.82) is 0 Å². The van der Waals surface area contributed by atoms with E-state index in [1.165, 1.54) is 18.2 Å². The fourth-order valence-electron chi connectivity index (χ4n) is 1.76. The van der Waals surface area contributed by atoms with E-state index in [4.69, 9.17) is 4.52 Å². The molecule has 8 heteroatoms. The minimum Gasteiger partial charge on any atom is -0.360 e. The molecule has 0 saturated heterocycles. The maximum absolute atomic E-state index is 12.1. The molecule has 1 aromatic carbocycles. The number of hydrogen-bond donors (Lipinski definition) is 2. The number of hydrogen-bond acceptors (Lipinski definition) is 5. The van der Waals surface area contributed by atoms with Gasteiger partial charge in [-0.25, -0.2) is 13.1 Å². The van der Waals surface area contributed by atoms with Crippen molar-refractivity contribution in [1.82, 2.24) is 9.88 Å². The molecule has 0 aliphatic rings. The molecule has 0 spiro atoms. The number of aryl methyl sites for hydroxylation is 2. The molecule has 0 radical (unpaired) electrons. The van der Waals surface area contributed by atoms with Crippen molar-refractivity contribution >= 4 is 21.7 Å². The molecule has 118 valence electrons. The van der Waals surface area contributed by atoms with Crippen LogP contribution < -0.4 is 10.0 Å². The first-order chi connectivity index (χ1) is 10.4. The van der Waals surface area contributed by atoms with Gasteiger partial charge in [0.1, 0.15) is 5.76 Å². The van der Waals surface area contributed by atoms with E-state index < -0.39 is 15.9 Å². The van der Waals surface area contributed by atoms with Crippen LogP contribution in [0, 0.1) is 6.92 Å². The molecular weight excluding hydrogens is 306 g/mol. The zero-order valence-corrected chi connectivity index (χ0v) is 13.1. The van der Waals surface area contributed by atoms with Crippen LogP contribution in [0.3, 0.4) is 0 Å². The monoisotopic (exact) mass is 323 g/mol. The number of sulfonamides is 1. The maximum Gasteiger partial charge on any atom is 0.241 e. The molecule has 0 aliphatic carbocycles. The Morgan fingerprint density at radius 2 is 1.95 bits per heavy atom. The smallest absolute Gasteiger partial charge is 0.241 e. The highest BCUT2D eigenvalue weighted by molar-refractivity contribution is 7.89. The number of anilines is 1. The fraction of sp³-hybridized carbons (Fsp3) is 0.286. The van der Waals surface area contributed by atoms with E-state index in [1.54, 1.807) is 19.1 Å². The van der Waals surface area contributed by atoms with Crippen molar-refractivity contribution < 1.29 is 17.7 Å². The Morgan fingerprint density at radius 3 is 2.50 bits per heavy atom. The van der Waals surface area contributed by atoms with Crippen LogP contribution in [0.25, 0.3) is 0 Å². The lowest BCUT2D eigenvalue weighted by Gasteiger charge is -2.07. The third kappa shape index (κ3) is 4.15. The number of carbonyl (C=O) groups excluding carboxylic acids is 1. The summed E-state index contributed by atoms with van der Waals surface area (Å²) in [7, 11) is -3.72. The highest BCUT2D eigenvalue weighted by atomic mass is 32.2. The molecule has 0 fully saturated rings. The molecule has 0 aliphatic heterocycles. The van der Waals surface area contributed by atoms with Crippen molar-refractivity contribution in [3.8, 4) is 0 Å². The molecule has 0 bridgehead atoms. The minimum absolute atomic E-state index is 0.120. The van der Waals surface area contributed by atoms with Gasteiger partial charge in [-0.05, 0) is 31.0 Å². The summed E-state index contributed by atoms with van der Waals surface area (Å²) in [5.74, 6) is 0.267. The molecular formula is C14H17N3O4S. The van der Waals surface area contributed by atoms with E-state index in [2.05, 4.69) is 15.2 Å². The number of nitrogens with zero attached hydrogens (tertiary/aromatic N) is 1. The summed E-state index contributed by atoms with van der Waals surface area (Å²) in [6.45, 7) is 3.28. The van der Waals surface area contributed by atoms with Gasteiger partial charge >= 0.3 is 0 Å². The highest BCUT2D eigenvalue weighted by Crippen LogP contribution is 2.11. The second kappa shape index (κ2) is 6.71. The molecule has 2 N–H and O–H groups in total. The van der Waals surface area contributed by atoms with Crippen LogP contribution >= 0.6 is 0 Å². The standard InChI is InChI=1S/C14H17N3O4S/c1-3-11-4-6-12(7-5-11)22(19,20)15-9-14(18)16-13-8-10(2)21-17-13/h4-8,15H,3,9H2,1-2H3,(H,16,17,18). The molecule has 0 atom stereocenters. The van der Waals surface area contributed by atoms with Crippen molar-refractivity contribution in [3.63, 3.8) is 0 Å². The molecule has 1 aromatic heterocycles. The van der Waals surface area contributed by atoms with E-state index in [-0.39, 0.29) is 17.3 Å². The summed E-state index contributed by atoms with van der Waals surface area (Å²) in [6, 6.07) is 8.05. The summed E-state index contributed by atoms with van der Waals surface area (Å²) in [5.41, 5.74) is 1.04. The van der Waals surface area contributed by atoms with Crippen LogP contribution in [-0.2, 0) is 21.2 Å². The van der Waals surface area contributed by atoms with E-state index in [0.29, 0.717) is 5.76 Å². The quantitative estimate of drug-likeness (QED) is 0.838. The van der Waals surface area contributed by atoms with Crippen LogP contribution in [0.2, 0.25) is 0 Å². The van der Waals surface area contributed by atoms with Crippen molar-refractivity contribution in [2.45, 2.75) is 25.2 Å². The number of carbonyl (C=O) groups is 1. The van der Waals surface area contributed by atoms with Crippen molar-refractivity contribution in [2.75, 3.05) is 11.9 Å². The van der Waals surface area contributed by atoms with Crippen LogP contribution in [0.1, 0.15) is 18.2 Å². The average molecular weight is 323 g/mol. The predicted molar refractivity (Wildman–Crippen MR) is 80.9 cm³/mol. The summed E-state index contributed by atoms with van der Waals surface area (Å²) < 4.78 is 31.2. The molecule has 0 unspecified atom stereocenters. The van der Waals surface area contributed by atoms with Gasteiger partial charge in [0.25, 0.3) is 0 Å². The predicted octanol–water partition coefficient (Wildman–Crippen LogP) is 1.46. The lowest BCUT2D eigenvalue weighted by atomic mass is 10.2. The topological polar surface area (TPSA) is 101 Å². The molecule has 2 rings (SSSR count). The summed E-state index contributed by atoms with van der Waals surface area (Å²) in [5, 5.41) is 6.03. The second-order valence-electron chi connectivity index (χ2n) is 4.69. The van der Waals surface area contributed by atoms with E-state index >= 15 is 0 Å². The van der Waals surface area contributed by atoms with Gasteiger partial charge in [-0.1, -0.05) is 24.2 Å². The molecule has 2 aromatic rings. The minimum atomic E-state index is -3.72. The third-order valence-corrected chi connectivity index (χ3v) is 4.38. The van der Waals surface area contributed by atoms with Gasteiger partial charge in [0.05, 0.1) is 11.4 Å². The maximum atomic E-state index is 12.1. The lowest BCUT2D eigenvalue weighted by molar-refractivity contribution is -0.115. The molecule has 7 nitrogen and oxygen atoms in total. The van der Waals surface area contributed by atoms with Gasteiger partial charge in [0.2, 0.25) is 15.9 Å². The summed E-state index contributed by atoms with van der Waals surface area (Å²) in [6.07, 6.45) is 0.827. The Morgan fingerprint density at radius 1 is 1.27 bits per heavy atom. The van der Waals surface area contributed by atoms with Crippen molar-refractivity contribution in [2.24, 2.45) is 0 Å². The van der Waals surface area contributed by atoms with Crippen LogP contribution in [0.5, 0.6) is 0 Å². The first-order valence-corrected chi connectivity index (χ1v) is 8.21. The van der Waals surface area contributed by atoms with Crippen molar-refractivity contribution in [3.05, 3.63) is 41.7 Å². The molecule has 1 amide bonds. The zero-order chi connectivity index (χ0) is 16.2. The number of amides is 1. The number of nitrogens with one attached hydrogen (secondary N) is 2. The zero-order valence-electron chi connectivity index (χ0n) is 12.3. The number of aromatic nitrogens is 1. The van der Waals surface area contributed by atoms with E-state index in [0.717, 1.165) is 12.0 Å². The lowest BCUT2D eigenvalue weighted by Crippen LogP contribution is -2.33. The van der Waals surface area contributed by atoms with Crippen LogP contribution in [0.4, 0.5) is 5.82 Å². The Kier molecular flexibility index (Phi) is 4.94. The number of benzene rings is 1. The summed E-state index contributed by atoms with van der Waals surface area (Å²) >= 11 is 0. The van der Waals surface area contributed by atoms with Crippen LogP contribution in [0.15, 0.2) is 39.8 Å². The van der Waals surface area contributed by atoms with Gasteiger partial charge in [-0.3, -0.25) is 4.79 Å². The van der Waals surface area contributed by atoms with Gasteiger partial charge in [-0.2, -0.15) is 0 Å². The fourth-order valence-corrected chi connectivity index (χ4v) is 2.74. The normalized spacial score (nSPS) is 11.4. The van der Waals surface area contributed by atoms with Crippen LogP contribution in [-0.4, -0.2) is 26.0 Å². The Bertz CT molecular complexity index is 751. The summed E-state index contributed by atoms with van der Waals surface area (Å²) in [4.78, 5) is 11.8. The molecule has 0 saturated carbocycles. The van der Waals surface area contributed by atoms with E-state index in [1.807, 2.05) is 6.92 Å². The Labute approximate surface area is 128 Å². The van der Waals surface area contributed by atoms with Gasteiger partial charge in [0.15, 0.2) is 5.82 Å². The second-order valence-corrected chi connectivity index (χ2v) is 6.46. The largest absolute Gasteiger partial charge is 0.360 e. The van der Waals surface area contributed by atoms with Gasteiger partial charge in [-0.15, -0.1) is 0 Å². The van der Waals surface area contributed by atoms with Gasteiger partial charge < -0.3 is 9.84 Å². The highest BCUT2D eigenvalue weighted by Gasteiger charge is 2.16. The molecule has 22 heavy (non-hydrogen) atoms. The first kappa shape index (κ1) is 16.2. The SMILES string of the molecule is CCc1ccc(S(=O)(=O)NCC(=O)Nc2cc(C)on2)cc1. The first-order valence-electron chi connectivity index (χ1n) is 6.72. The molecule has 1 heterocycles. The Balaban J connectivity index is 1.95. The Hall–Kier alpha value is -2.19. The number of rotatable bonds is 6.